The van der Waals surface area contributed by atoms with Crippen LogP contribution in [0.2, 0.25) is 0 Å². The Labute approximate surface area is 148 Å². The first-order valence-corrected chi connectivity index (χ1v) is 7.86. The number of carbonyl (C=O) groups is 1. The van der Waals surface area contributed by atoms with E-state index in [2.05, 4.69) is 25.4 Å². The molecular weight excluding hydrogens is 332 g/mol. The van der Waals surface area contributed by atoms with E-state index in [4.69, 9.17) is 4.42 Å². The lowest BCUT2D eigenvalue weighted by Crippen LogP contribution is -2.18. The molecule has 0 aliphatic rings. The third-order valence-electron chi connectivity index (χ3n) is 3.73. The van der Waals surface area contributed by atoms with Crippen LogP contribution >= 0.6 is 0 Å². The summed E-state index contributed by atoms with van der Waals surface area (Å²) in [5.41, 5.74) is 2.93. The molecule has 0 spiro atoms. The molecule has 26 heavy (non-hydrogen) atoms. The first-order chi connectivity index (χ1) is 12.7. The number of rotatable bonds is 4. The highest BCUT2D eigenvalue weighted by molar-refractivity contribution is 6.00. The normalized spacial score (nSPS) is 10.7. The Kier molecular flexibility index (Phi) is 3.98. The Balaban J connectivity index is 1.57. The second kappa shape index (κ2) is 6.60. The van der Waals surface area contributed by atoms with Crippen molar-refractivity contribution in [3.63, 3.8) is 0 Å². The number of aryl methyl sites for hydroxylation is 1. The molecule has 0 atom stereocenters. The van der Waals surface area contributed by atoms with Crippen molar-refractivity contribution in [1.29, 1.82) is 0 Å². The number of hydrogen-bond donors (Lipinski definition) is 1. The standard InChI is InChI=1S/C18H14N6O2/c1-12-6-5-9-19-15(12)14-10-26-18(22-14)23-17(25)16-20-11-21-24(16)13-7-3-2-4-8-13/h2-11H,1H3,(H,22,23,25). The molecular formula is C18H14N6O2. The SMILES string of the molecule is Cc1cccnc1-c1coc(NC(=O)c2ncnn2-c2ccccc2)n1. The molecule has 8 heteroatoms. The first kappa shape index (κ1) is 15.7. The number of hydrogen-bond acceptors (Lipinski definition) is 6. The minimum absolute atomic E-state index is 0.0673. The zero-order valence-electron chi connectivity index (χ0n) is 13.8. The molecule has 1 N–H and O–H groups in total. The molecule has 3 heterocycles. The van der Waals surface area contributed by atoms with Gasteiger partial charge in [-0.15, -0.1) is 0 Å². The van der Waals surface area contributed by atoms with Gasteiger partial charge in [0.25, 0.3) is 5.91 Å². The van der Waals surface area contributed by atoms with Crippen LogP contribution in [-0.2, 0) is 0 Å². The lowest BCUT2D eigenvalue weighted by Gasteiger charge is -2.04. The number of benzene rings is 1. The van der Waals surface area contributed by atoms with E-state index >= 15 is 0 Å². The lowest BCUT2D eigenvalue weighted by atomic mass is 10.2. The maximum Gasteiger partial charge on any atom is 0.302 e. The van der Waals surface area contributed by atoms with E-state index in [-0.39, 0.29) is 11.8 Å². The van der Waals surface area contributed by atoms with Gasteiger partial charge in [-0.3, -0.25) is 15.1 Å². The number of pyridine rings is 1. The van der Waals surface area contributed by atoms with Crippen molar-refractivity contribution in [2.75, 3.05) is 5.32 Å². The molecule has 1 amide bonds. The molecule has 128 valence electrons. The molecule has 4 rings (SSSR count). The van der Waals surface area contributed by atoms with Gasteiger partial charge >= 0.3 is 6.01 Å². The maximum atomic E-state index is 12.5. The molecule has 0 saturated carbocycles. The molecule has 0 fully saturated rings. The fourth-order valence-corrected chi connectivity index (χ4v) is 2.50. The third-order valence-corrected chi connectivity index (χ3v) is 3.73. The predicted octanol–water partition coefficient (Wildman–Crippen LogP) is 2.88. The van der Waals surface area contributed by atoms with Gasteiger partial charge < -0.3 is 4.42 Å². The Morgan fingerprint density at radius 2 is 1.96 bits per heavy atom. The average molecular weight is 346 g/mol. The van der Waals surface area contributed by atoms with Crippen LogP contribution in [0.1, 0.15) is 16.2 Å². The summed E-state index contributed by atoms with van der Waals surface area (Å²) in [6.07, 6.45) is 4.45. The van der Waals surface area contributed by atoms with E-state index in [1.807, 2.05) is 49.4 Å². The monoisotopic (exact) mass is 346 g/mol. The van der Waals surface area contributed by atoms with Gasteiger partial charge in [0, 0.05) is 6.20 Å². The van der Waals surface area contributed by atoms with Crippen molar-refractivity contribution >= 4 is 11.9 Å². The van der Waals surface area contributed by atoms with Crippen molar-refractivity contribution in [2.24, 2.45) is 0 Å². The fourth-order valence-electron chi connectivity index (χ4n) is 2.50. The topological polar surface area (TPSA) is 98.7 Å². The smallest absolute Gasteiger partial charge is 0.302 e. The van der Waals surface area contributed by atoms with Crippen molar-refractivity contribution in [1.82, 2.24) is 24.7 Å². The van der Waals surface area contributed by atoms with Crippen molar-refractivity contribution in [3.05, 3.63) is 72.6 Å². The number of aromatic nitrogens is 5. The second-order valence-corrected chi connectivity index (χ2v) is 5.49. The molecule has 0 radical (unpaired) electrons. The van der Waals surface area contributed by atoms with E-state index in [1.165, 1.54) is 17.3 Å². The molecule has 4 aromatic rings. The van der Waals surface area contributed by atoms with E-state index < -0.39 is 5.91 Å². The highest BCUT2D eigenvalue weighted by Crippen LogP contribution is 2.21. The van der Waals surface area contributed by atoms with Gasteiger partial charge in [0.1, 0.15) is 18.3 Å². The van der Waals surface area contributed by atoms with Gasteiger partial charge in [-0.2, -0.15) is 10.1 Å². The van der Waals surface area contributed by atoms with Gasteiger partial charge in [-0.1, -0.05) is 24.3 Å². The number of para-hydroxylation sites is 1. The minimum Gasteiger partial charge on any atom is -0.431 e. The second-order valence-electron chi connectivity index (χ2n) is 5.49. The molecule has 8 nitrogen and oxygen atoms in total. The van der Waals surface area contributed by atoms with Crippen molar-refractivity contribution in [3.8, 4) is 17.1 Å². The minimum atomic E-state index is -0.475. The molecule has 0 aliphatic heterocycles. The maximum absolute atomic E-state index is 12.5. The van der Waals surface area contributed by atoms with Gasteiger partial charge in [0.2, 0.25) is 5.82 Å². The molecule has 3 aromatic heterocycles. The lowest BCUT2D eigenvalue weighted by molar-refractivity contribution is 0.101. The molecule has 0 bridgehead atoms. The Morgan fingerprint density at radius 3 is 2.77 bits per heavy atom. The number of oxazole rings is 1. The van der Waals surface area contributed by atoms with Crippen LogP contribution in [0, 0.1) is 6.92 Å². The molecule has 1 aromatic carbocycles. The van der Waals surface area contributed by atoms with Gasteiger partial charge in [-0.25, -0.2) is 9.67 Å². The zero-order chi connectivity index (χ0) is 17.9. The Morgan fingerprint density at radius 1 is 1.12 bits per heavy atom. The summed E-state index contributed by atoms with van der Waals surface area (Å²) >= 11 is 0. The van der Waals surface area contributed by atoms with E-state index in [0.717, 1.165) is 11.3 Å². The van der Waals surface area contributed by atoms with E-state index in [1.54, 1.807) is 6.20 Å². The third kappa shape index (κ3) is 2.95. The predicted molar refractivity (Wildman–Crippen MR) is 93.8 cm³/mol. The van der Waals surface area contributed by atoms with Crippen LogP contribution in [0.5, 0.6) is 0 Å². The molecule has 0 saturated heterocycles. The average Bonchev–Trinajstić information content (AvgIpc) is 3.32. The summed E-state index contributed by atoms with van der Waals surface area (Å²) in [5.74, 6) is -0.345. The van der Waals surface area contributed by atoms with E-state index in [9.17, 15) is 4.79 Å². The summed E-state index contributed by atoms with van der Waals surface area (Å²) in [4.78, 5) is 25.1. The van der Waals surface area contributed by atoms with Crippen LogP contribution < -0.4 is 5.32 Å². The van der Waals surface area contributed by atoms with Gasteiger partial charge in [0.15, 0.2) is 0 Å². The highest BCUT2D eigenvalue weighted by atomic mass is 16.4. The largest absolute Gasteiger partial charge is 0.431 e. The Hall–Kier alpha value is -3.81. The zero-order valence-corrected chi connectivity index (χ0v) is 13.8. The number of anilines is 1. The molecule has 0 unspecified atom stereocenters. The van der Waals surface area contributed by atoms with Crippen molar-refractivity contribution in [2.45, 2.75) is 6.92 Å². The van der Waals surface area contributed by atoms with Crippen LogP contribution in [-0.4, -0.2) is 30.6 Å². The quantitative estimate of drug-likeness (QED) is 0.610. The summed E-state index contributed by atoms with van der Waals surface area (Å²) in [7, 11) is 0. The van der Waals surface area contributed by atoms with Crippen LogP contribution in [0.15, 0.2) is 65.7 Å². The van der Waals surface area contributed by atoms with Crippen LogP contribution in [0.3, 0.4) is 0 Å². The number of nitrogens with zero attached hydrogens (tertiary/aromatic N) is 5. The fraction of sp³-hybridized carbons (Fsp3) is 0.0556. The first-order valence-electron chi connectivity index (χ1n) is 7.86. The van der Waals surface area contributed by atoms with Crippen LogP contribution in [0.4, 0.5) is 6.01 Å². The van der Waals surface area contributed by atoms with Crippen LogP contribution in [0.25, 0.3) is 17.1 Å². The van der Waals surface area contributed by atoms with Gasteiger partial charge in [0.05, 0.1) is 11.4 Å². The number of nitrogens with one attached hydrogen (secondary N) is 1. The van der Waals surface area contributed by atoms with Gasteiger partial charge in [-0.05, 0) is 30.7 Å². The Bertz CT molecular complexity index is 1050. The van der Waals surface area contributed by atoms with Crippen molar-refractivity contribution < 1.29 is 9.21 Å². The summed E-state index contributed by atoms with van der Waals surface area (Å²) in [6.45, 7) is 1.93. The highest BCUT2D eigenvalue weighted by Gasteiger charge is 2.18. The number of carbonyl (C=O) groups excluding carboxylic acids is 1. The summed E-state index contributed by atoms with van der Waals surface area (Å²) in [5, 5.41) is 6.69. The summed E-state index contributed by atoms with van der Waals surface area (Å²) < 4.78 is 6.79. The molecule has 0 aliphatic carbocycles. The summed E-state index contributed by atoms with van der Waals surface area (Å²) in [6, 6.07) is 13.1. The number of amides is 1. The van der Waals surface area contributed by atoms with E-state index in [0.29, 0.717) is 11.4 Å².